The van der Waals surface area contributed by atoms with E-state index in [0.29, 0.717) is 17.0 Å². The second kappa shape index (κ2) is 10.2. The molecule has 0 bridgehead atoms. The molecule has 0 unspecified atom stereocenters. The Hall–Kier alpha value is -1.62. The van der Waals surface area contributed by atoms with E-state index in [1.54, 1.807) is 11.4 Å². The van der Waals surface area contributed by atoms with Gasteiger partial charge in [-0.3, -0.25) is 4.79 Å². The zero-order valence-corrected chi connectivity index (χ0v) is 13.2. The number of aliphatic carboxylic acids is 1. The number of hydrogen-bond acceptors (Lipinski definition) is 3. The van der Waals surface area contributed by atoms with Gasteiger partial charge in [-0.25, -0.2) is 4.79 Å². The molecule has 0 saturated heterocycles. The number of thiophene rings is 1. The Morgan fingerprint density at radius 3 is 2.67 bits per heavy atom. The lowest BCUT2D eigenvalue weighted by Gasteiger charge is -2.04. The molecule has 0 fully saturated rings. The summed E-state index contributed by atoms with van der Waals surface area (Å²) in [6.07, 6.45) is 9.63. The van der Waals surface area contributed by atoms with Crippen LogP contribution in [0.4, 0.5) is 0 Å². The fourth-order valence-corrected chi connectivity index (χ4v) is 2.79. The Bertz CT molecular complexity index is 480. The highest BCUT2D eigenvalue weighted by Gasteiger charge is 2.10. The topological polar surface area (TPSA) is 66.4 Å². The summed E-state index contributed by atoms with van der Waals surface area (Å²) in [5, 5.41) is 13.3. The summed E-state index contributed by atoms with van der Waals surface area (Å²) in [6.45, 7) is 2.86. The number of carboxylic acids is 1. The smallest absolute Gasteiger partial charge is 0.328 e. The summed E-state index contributed by atoms with van der Waals surface area (Å²) in [5.74, 6) is -1.14. The fourth-order valence-electron chi connectivity index (χ4n) is 1.98. The summed E-state index contributed by atoms with van der Waals surface area (Å²) in [7, 11) is 0. The zero-order valence-electron chi connectivity index (χ0n) is 12.4. The standard InChI is InChI=1S/C16H23NO3S/c1-2-3-4-5-6-7-11-17-16(20)15-13(10-12-21-15)8-9-14(18)19/h8-10,12H,2-7,11H2,1H3,(H,17,20)(H,18,19)/b9-8+. The zero-order chi connectivity index (χ0) is 15.5. The van der Waals surface area contributed by atoms with Crippen molar-refractivity contribution in [1.82, 2.24) is 5.32 Å². The van der Waals surface area contributed by atoms with Gasteiger partial charge >= 0.3 is 5.97 Å². The maximum atomic E-state index is 12.0. The Morgan fingerprint density at radius 2 is 1.95 bits per heavy atom. The Kier molecular flexibility index (Phi) is 8.43. The molecule has 5 heteroatoms. The molecule has 0 spiro atoms. The van der Waals surface area contributed by atoms with E-state index in [1.165, 1.54) is 43.1 Å². The van der Waals surface area contributed by atoms with E-state index in [2.05, 4.69) is 12.2 Å². The molecule has 0 radical (unpaired) electrons. The van der Waals surface area contributed by atoms with E-state index in [4.69, 9.17) is 5.11 Å². The van der Waals surface area contributed by atoms with Crippen molar-refractivity contribution in [2.75, 3.05) is 6.54 Å². The van der Waals surface area contributed by atoms with Crippen LogP contribution >= 0.6 is 11.3 Å². The van der Waals surface area contributed by atoms with Gasteiger partial charge in [0.25, 0.3) is 5.91 Å². The van der Waals surface area contributed by atoms with Crippen molar-refractivity contribution in [3.8, 4) is 0 Å². The maximum Gasteiger partial charge on any atom is 0.328 e. The molecular weight excluding hydrogens is 286 g/mol. The van der Waals surface area contributed by atoms with Gasteiger partial charge in [0, 0.05) is 12.6 Å². The molecule has 1 rings (SSSR count). The van der Waals surface area contributed by atoms with Crippen molar-refractivity contribution in [2.24, 2.45) is 0 Å². The predicted octanol–water partition coefficient (Wildman–Crippen LogP) is 3.94. The average molecular weight is 309 g/mol. The SMILES string of the molecule is CCCCCCCCNC(=O)c1sccc1/C=C/C(=O)O. The van der Waals surface area contributed by atoms with Crippen LogP contribution < -0.4 is 5.32 Å². The molecule has 0 aliphatic rings. The number of amides is 1. The quantitative estimate of drug-likeness (QED) is 0.508. The van der Waals surface area contributed by atoms with Gasteiger partial charge in [0.05, 0.1) is 4.88 Å². The number of carbonyl (C=O) groups excluding carboxylic acids is 1. The van der Waals surface area contributed by atoms with Crippen LogP contribution in [0.25, 0.3) is 6.08 Å². The molecular formula is C16H23NO3S. The predicted molar refractivity (Wildman–Crippen MR) is 86.7 cm³/mol. The van der Waals surface area contributed by atoms with Crippen molar-refractivity contribution >= 4 is 29.3 Å². The first-order valence-corrected chi connectivity index (χ1v) is 8.29. The second-order valence-electron chi connectivity index (χ2n) is 4.90. The minimum absolute atomic E-state index is 0.122. The number of unbranched alkanes of at least 4 members (excludes halogenated alkanes) is 5. The van der Waals surface area contributed by atoms with Crippen molar-refractivity contribution in [1.29, 1.82) is 0 Å². The lowest BCUT2D eigenvalue weighted by atomic mass is 10.1. The highest BCUT2D eigenvalue weighted by atomic mass is 32.1. The lowest BCUT2D eigenvalue weighted by molar-refractivity contribution is -0.131. The number of hydrogen-bond donors (Lipinski definition) is 2. The van der Waals surface area contributed by atoms with Crippen LogP contribution in [0.3, 0.4) is 0 Å². The second-order valence-corrected chi connectivity index (χ2v) is 5.82. The minimum Gasteiger partial charge on any atom is -0.478 e. The largest absolute Gasteiger partial charge is 0.478 e. The van der Waals surface area contributed by atoms with Crippen molar-refractivity contribution < 1.29 is 14.7 Å². The first kappa shape index (κ1) is 17.4. The summed E-state index contributed by atoms with van der Waals surface area (Å²) in [4.78, 5) is 23.1. The van der Waals surface area contributed by atoms with Gasteiger partial charge < -0.3 is 10.4 Å². The normalized spacial score (nSPS) is 10.9. The van der Waals surface area contributed by atoms with E-state index in [-0.39, 0.29) is 5.91 Å². The molecule has 1 aromatic rings. The van der Waals surface area contributed by atoms with Gasteiger partial charge in [-0.1, -0.05) is 39.0 Å². The number of rotatable bonds is 10. The minimum atomic E-state index is -1.01. The molecule has 1 heterocycles. The van der Waals surface area contributed by atoms with Crippen molar-refractivity contribution in [3.63, 3.8) is 0 Å². The Morgan fingerprint density at radius 1 is 1.24 bits per heavy atom. The third kappa shape index (κ3) is 7.09. The molecule has 2 N–H and O–H groups in total. The molecule has 4 nitrogen and oxygen atoms in total. The molecule has 1 amide bonds. The molecule has 1 aromatic heterocycles. The third-order valence-electron chi connectivity index (χ3n) is 3.12. The number of nitrogens with one attached hydrogen (secondary N) is 1. The van der Waals surface area contributed by atoms with Gasteiger partial charge in [-0.05, 0) is 29.5 Å². The van der Waals surface area contributed by atoms with E-state index in [0.717, 1.165) is 18.9 Å². The molecule has 21 heavy (non-hydrogen) atoms. The molecule has 0 aromatic carbocycles. The lowest BCUT2D eigenvalue weighted by Crippen LogP contribution is -2.24. The maximum absolute atomic E-state index is 12.0. The van der Waals surface area contributed by atoms with Gasteiger partial charge in [0.2, 0.25) is 0 Å². The van der Waals surface area contributed by atoms with Crippen LogP contribution in [-0.2, 0) is 4.79 Å². The summed E-state index contributed by atoms with van der Waals surface area (Å²) in [6, 6.07) is 1.75. The Labute approximate surface area is 129 Å². The summed E-state index contributed by atoms with van der Waals surface area (Å²) >= 11 is 1.33. The van der Waals surface area contributed by atoms with Crippen LogP contribution in [-0.4, -0.2) is 23.5 Å². The first-order chi connectivity index (χ1) is 10.1. The fraction of sp³-hybridized carbons (Fsp3) is 0.500. The van der Waals surface area contributed by atoms with E-state index in [1.807, 2.05) is 0 Å². The van der Waals surface area contributed by atoms with Crippen LogP contribution in [0.1, 0.15) is 60.7 Å². The van der Waals surface area contributed by atoms with E-state index >= 15 is 0 Å². The molecule has 0 aliphatic carbocycles. The molecule has 116 valence electrons. The highest BCUT2D eigenvalue weighted by molar-refractivity contribution is 7.12. The summed E-state index contributed by atoms with van der Waals surface area (Å²) in [5.41, 5.74) is 0.655. The third-order valence-corrected chi connectivity index (χ3v) is 4.05. The monoisotopic (exact) mass is 309 g/mol. The van der Waals surface area contributed by atoms with Crippen molar-refractivity contribution in [3.05, 3.63) is 28.0 Å². The first-order valence-electron chi connectivity index (χ1n) is 7.42. The average Bonchev–Trinajstić information content (AvgIpc) is 2.92. The number of carbonyl (C=O) groups is 2. The van der Waals surface area contributed by atoms with Gasteiger partial charge in [0.1, 0.15) is 0 Å². The van der Waals surface area contributed by atoms with Crippen LogP contribution in [0.15, 0.2) is 17.5 Å². The van der Waals surface area contributed by atoms with Crippen molar-refractivity contribution in [2.45, 2.75) is 45.4 Å². The van der Waals surface area contributed by atoms with Gasteiger partial charge in [-0.2, -0.15) is 0 Å². The highest BCUT2D eigenvalue weighted by Crippen LogP contribution is 2.18. The molecule has 0 aliphatic heterocycles. The van der Waals surface area contributed by atoms with Crippen LogP contribution in [0.2, 0.25) is 0 Å². The Balaban J connectivity index is 2.32. The molecule has 0 atom stereocenters. The van der Waals surface area contributed by atoms with Gasteiger partial charge in [0.15, 0.2) is 0 Å². The summed E-state index contributed by atoms with van der Waals surface area (Å²) < 4.78 is 0. The van der Waals surface area contributed by atoms with Crippen LogP contribution in [0, 0.1) is 0 Å². The van der Waals surface area contributed by atoms with E-state index in [9.17, 15) is 9.59 Å². The molecule has 0 saturated carbocycles. The number of carboxylic acid groups (broad SMARTS) is 1. The van der Waals surface area contributed by atoms with Gasteiger partial charge in [-0.15, -0.1) is 11.3 Å². The van der Waals surface area contributed by atoms with Crippen LogP contribution in [0.5, 0.6) is 0 Å². The van der Waals surface area contributed by atoms with E-state index < -0.39 is 5.97 Å².